The molecular weight excluding hydrogens is 276 g/mol. The molecule has 3 heteroatoms. The van der Waals surface area contributed by atoms with Crippen LogP contribution in [-0.2, 0) is 20.8 Å². The van der Waals surface area contributed by atoms with Crippen LogP contribution in [0.3, 0.4) is 0 Å². The highest BCUT2D eigenvalue weighted by Crippen LogP contribution is 2.39. The van der Waals surface area contributed by atoms with Gasteiger partial charge in [0.1, 0.15) is 0 Å². The van der Waals surface area contributed by atoms with Crippen molar-refractivity contribution in [1.82, 2.24) is 0 Å². The normalized spacial score (nSPS) is 20.4. The van der Waals surface area contributed by atoms with Gasteiger partial charge in [-0.25, -0.2) is 0 Å². The van der Waals surface area contributed by atoms with E-state index in [0.29, 0.717) is 6.61 Å². The lowest BCUT2D eigenvalue weighted by Gasteiger charge is -2.30. The third-order valence-corrected chi connectivity index (χ3v) is 4.64. The summed E-state index contributed by atoms with van der Waals surface area (Å²) < 4.78 is 17.7. The molecule has 1 aliphatic rings. The van der Waals surface area contributed by atoms with Gasteiger partial charge in [0.2, 0.25) is 0 Å². The minimum Gasteiger partial charge on any atom is -0.377 e. The van der Waals surface area contributed by atoms with Gasteiger partial charge < -0.3 is 14.2 Å². The number of hydrogen-bond donors (Lipinski definition) is 0. The molecule has 0 spiro atoms. The summed E-state index contributed by atoms with van der Waals surface area (Å²) in [6, 6.07) is 10.3. The molecule has 124 valence electrons. The first-order valence-electron chi connectivity index (χ1n) is 8.38. The van der Waals surface area contributed by atoms with Gasteiger partial charge in [0, 0.05) is 6.61 Å². The van der Waals surface area contributed by atoms with Crippen LogP contribution in [0.1, 0.15) is 58.9 Å². The Kier molecular flexibility index (Phi) is 6.01. The molecule has 0 amide bonds. The average molecular weight is 306 g/mol. The summed E-state index contributed by atoms with van der Waals surface area (Å²) in [5.74, 6) is 0. The van der Waals surface area contributed by atoms with Gasteiger partial charge in [0.15, 0.2) is 6.29 Å². The van der Waals surface area contributed by atoms with Gasteiger partial charge >= 0.3 is 0 Å². The molecule has 0 aliphatic carbocycles. The second-order valence-electron chi connectivity index (χ2n) is 7.07. The van der Waals surface area contributed by atoms with E-state index in [4.69, 9.17) is 14.2 Å². The Balaban J connectivity index is 1.52. The van der Waals surface area contributed by atoms with Crippen molar-refractivity contribution in [2.45, 2.75) is 77.5 Å². The second-order valence-corrected chi connectivity index (χ2v) is 7.07. The van der Waals surface area contributed by atoms with E-state index < -0.39 is 0 Å². The first-order valence-corrected chi connectivity index (χ1v) is 8.38. The highest BCUT2D eigenvalue weighted by Gasteiger charge is 2.48. The third kappa shape index (κ3) is 4.80. The lowest BCUT2D eigenvalue weighted by molar-refractivity contribution is -0.0914. The lowest BCUT2D eigenvalue weighted by Crippen LogP contribution is -2.41. The molecule has 1 heterocycles. The molecule has 0 N–H and O–H groups in total. The van der Waals surface area contributed by atoms with E-state index >= 15 is 0 Å². The summed E-state index contributed by atoms with van der Waals surface area (Å²) in [4.78, 5) is 0. The van der Waals surface area contributed by atoms with Crippen molar-refractivity contribution in [3.05, 3.63) is 35.9 Å². The Morgan fingerprint density at radius 2 is 1.55 bits per heavy atom. The highest BCUT2D eigenvalue weighted by atomic mass is 16.7. The number of ether oxygens (including phenoxy) is 3. The van der Waals surface area contributed by atoms with Crippen molar-refractivity contribution in [3.8, 4) is 0 Å². The molecule has 0 aromatic heterocycles. The van der Waals surface area contributed by atoms with Crippen LogP contribution in [0.5, 0.6) is 0 Å². The molecule has 1 saturated heterocycles. The number of rotatable bonds is 8. The molecule has 1 aromatic carbocycles. The van der Waals surface area contributed by atoms with Crippen molar-refractivity contribution in [2.75, 3.05) is 6.61 Å². The predicted octanol–water partition coefficient (Wildman–Crippen LogP) is 4.69. The van der Waals surface area contributed by atoms with E-state index in [2.05, 4.69) is 39.8 Å². The second kappa shape index (κ2) is 7.58. The molecular formula is C19H30O3. The first-order chi connectivity index (χ1) is 10.4. The van der Waals surface area contributed by atoms with Crippen molar-refractivity contribution in [1.29, 1.82) is 0 Å². The molecule has 0 radical (unpaired) electrons. The first kappa shape index (κ1) is 17.5. The fourth-order valence-corrected chi connectivity index (χ4v) is 2.54. The topological polar surface area (TPSA) is 27.7 Å². The molecule has 0 bridgehead atoms. The number of unbranched alkanes of at least 4 members (excludes halogenated alkanes) is 2. The van der Waals surface area contributed by atoms with Crippen molar-refractivity contribution in [3.63, 3.8) is 0 Å². The van der Waals surface area contributed by atoms with E-state index in [0.717, 1.165) is 32.3 Å². The number of hydrogen-bond acceptors (Lipinski definition) is 3. The molecule has 0 saturated carbocycles. The van der Waals surface area contributed by atoms with Crippen molar-refractivity contribution in [2.24, 2.45) is 0 Å². The summed E-state index contributed by atoms with van der Waals surface area (Å²) in [6.07, 6.45) is 4.26. The number of benzene rings is 1. The SMILES string of the molecule is CC1(C)OC(CCCCCOCc2ccccc2)OC1(C)C. The van der Waals surface area contributed by atoms with Crippen LogP contribution in [0, 0.1) is 0 Å². The Morgan fingerprint density at radius 3 is 2.18 bits per heavy atom. The zero-order valence-electron chi connectivity index (χ0n) is 14.4. The van der Waals surface area contributed by atoms with Gasteiger partial charge in [0.25, 0.3) is 0 Å². The monoisotopic (exact) mass is 306 g/mol. The largest absolute Gasteiger partial charge is 0.377 e. The highest BCUT2D eigenvalue weighted by molar-refractivity contribution is 5.13. The maximum atomic E-state index is 6.00. The van der Waals surface area contributed by atoms with E-state index in [1.54, 1.807) is 0 Å². The average Bonchev–Trinajstić information content (AvgIpc) is 2.67. The van der Waals surface area contributed by atoms with E-state index in [-0.39, 0.29) is 17.5 Å². The Labute approximate surface area is 135 Å². The Morgan fingerprint density at radius 1 is 0.909 bits per heavy atom. The minimum atomic E-state index is -0.212. The van der Waals surface area contributed by atoms with Crippen molar-refractivity contribution < 1.29 is 14.2 Å². The summed E-state index contributed by atoms with van der Waals surface area (Å²) in [7, 11) is 0. The summed E-state index contributed by atoms with van der Waals surface area (Å²) in [5, 5.41) is 0. The third-order valence-electron chi connectivity index (χ3n) is 4.64. The zero-order valence-corrected chi connectivity index (χ0v) is 14.4. The molecule has 0 atom stereocenters. The van der Waals surface area contributed by atoms with Crippen LogP contribution in [0.15, 0.2) is 30.3 Å². The van der Waals surface area contributed by atoms with Gasteiger partial charge in [-0.2, -0.15) is 0 Å². The predicted molar refractivity (Wildman–Crippen MR) is 88.7 cm³/mol. The van der Waals surface area contributed by atoms with Gasteiger partial charge in [-0.05, 0) is 52.5 Å². The van der Waals surface area contributed by atoms with E-state index in [1.807, 2.05) is 18.2 Å². The maximum absolute atomic E-state index is 6.00. The van der Waals surface area contributed by atoms with Gasteiger partial charge in [-0.1, -0.05) is 36.8 Å². The van der Waals surface area contributed by atoms with Crippen LogP contribution in [-0.4, -0.2) is 24.1 Å². The van der Waals surface area contributed by atoms with Gasteiger partial charge in [0.05, 0.1) is 17.8 Å². The summed E-state index contributed by atoms with van der Waals surface area (Å²) in [5.41, 5.74) is 0.812. The molecule has 1 aliphatic heterocycles. The fraction of sp³-hybridized carbons (Fsp3) is 0.684. The lowest BCUT2D eigenvalue weighted by atomic mass is 9.90. The summed E-state index contributed by atoms with van der Waals surface area (Å²) in [6.45, 7) is 9.93. The Hall–Kier alpha value is -0.900. The van der Waals surface area contributed by atoms with E-state index in [1.165, 1.54) is 5.56 Å². The zero-order chi connectivity index (χ0) is 16.1. The smallest absolute Gasteiger partial charge is 0.159 e. The molecule has 3 nitrogen and oxygen atoms in total. The fourth-order valence-electron chi connectivity index (χ4n) is 2.54. The van der Waals surface area contributed by atoms with Crippen LogP contribution in [0.4, 0.5) is 0 Å². The van der Waals surface area contributed by atoms with Crippen LogP contribution in [0.2, 0.25) is 0 Å². The molecule has 22 heavy (non-hydrogen) atoms. The molecule has 0 unspecified atom stereocenters. The van der Waals surface area contributed by atoms with Crippen molar-refractivity contribution >= 4 is 0 Å². The maximum Gasteiger partial charge on any atom is 0.159 e. The summed E-state index contributed by atoms with van der Waals surface area (Å²) >= 11 is 0. The molecule has 1 fully saturated rings. The Bertz CT molecular complexity index is 423. The van der Waals surface area contributed by atoms with Gasteiger partial charge in [-0.3, -0.25) is 0 Å². The standard InChI is InChI=1S/C19H30O3/c1-18(2)19(3,4)22-17(21-18)13-9-6-10-14-20-15-16-11-7-5-8-12-16/h5,7-8,11-12,17H,6,9-10,13-15H2,1-4H3. The van der Waals surface area contributed by atoms with Crippen LogP contribution in [0.25, 0.3) is 0 Å². The quantitative estimate of drug-likeness (QED) is 0.652. The van der Waals surface area contributed by atoms with Crippen LogP contribution >= 0.6 is 0 Å². The minimum absolute atomic E-state index is 0.0600. The van der Waals surface area contributed by atoms with E-state index in [9.17, 15) is 0 Å². The van der Waals surface area contributed by atoms with Gasteiger partial charge in [-0.15, -0.1) is 0 Å². The molecule has 1 aromatic rings. The van der Waals surface area contributed by atoms with Crippen LogP contribution < -0.4 is 0 Å². The molecule has 2 rings (SSSR count).